The molecule has 16 heavy (non-hydrogen) atoms. The summed E-state index contributed by atoms with van der Waals surface area (Å²) in [5.74, 6) is -1.47. The fraction of sp³-hybridized carbons (Fsp3) is 0.125. The van der Waals surface area contributed by atoms with E-state index in [0.29, 0.717) is 0 Å². The van der Waals surface area contributed by atoms with Crippen molar-refractivity contribution in [3.63, 3.8) is 0 Å². The van der Waals surface area contributed by atoms with Gasteiger partial charge in [-0.1, -0.05) is 0 Å². The van der Waals surface area contributed by atoms with Crippen LogP contribution in [0.4, 0.5) is 5.69 Å². The third kappa shape index (κ3) is 1.20. The molecule has 0 saturated heterocycles. The van der Waals surface area contributed by atoms with Gasteiger partial charge in [0, 0.05) is 17.7 Å². The number of aliphatic carboxylic acids is 1. The summed E-state index contributed by atoms with van der Waals surface area (Å²) < 4.78 is 22.9. The molecule has 1 aliphatic rings. The lowest BCUT2D eigenvalue weighted by atomic mass is 10.1. The molecule has 8 heteroatoms. The number of carboxylic acids is 1. The molecule has 1 aromatic rings. The summed E-state index contributed by atoms with van der Waals surface area (Å²) in [7, 11) is -3.94. The molecule has 1 heterocycles. The predicted octanol–water partition coefficient (Wildman–Crippen LogP) is 0.508. The minimum absolute atomic E-state index is 0.0955. The van der Waals surface area contributed by atoms with Crippen molar-refractivity contribution in [1.29, 1.82) is 0 Å². The fourth-order valence-electron chi connectivity index (χ4n) is 1.60. The maximum atomic E-state index is 11.5. The Bertz CT molecular complexity index is 605. The average Bonchev–Trinajstić information content (AvgIpc) is 2.15. The van der Waals surface area contributed by atoms with Crippen LogP contribution in [0.25, 0.3) is 0 Å². The van der Waals surface area contributed by atoms with Crippen molar-refractivity contribution in [3.8, 4) is 0 Å². The van der Waals surface area contributed by atoms with Gasteiger partial charge < -0.3 is 5.11 Å². The Labute approximate surface area is 89.4 Å². The highest BCUT2D eigenvalue weighted by molar-refractivity contribution is 7.93. The highest BCUT2D eigenvalue weighted by Gasteiger charge is 2.48. The molecule has 1 N–H and O–H groups in total. The highest BCUT2D eigenvalue weighted by Crippen LogP contribution is 2.44. The van der Waals surface area contributed by atoms with Gasteiger partial charge in [0.2, 0.25) is 0 Å². The molecule has 0 aromatic heterocycles. The van der Waals surface area contributed by atoms with Gasteiger partial charge in [-0.05, 0) is 6.07 Å². The van der Waals surface area contributed by atoms with E-state index in [1.165, 1.54) is 0 Å². The van der Waals surface area contributed by atoms with E-state index in [0.717, 1.165) is 18.2 Å². The minimum Gasteiger partial charge on any atom is -0.480 e. The quantitative estimate of drug-likeness (QED) is 0.597. The highest BCUT2D eigenvalue weighted by atomic mass is 32.2. The van der Waals surface area contributed by atoms with Gasteiger partial charge in [-0.25, -0.2) is 8.42 Å². The van der Waals surface area contributed by atoms with Crippen LogP contribution in [0.3, 0.4) is 0 Å². The Kier molecular flexibility index (Phi) is 1.99. The van der Waals surface area contributed by atoms with Gasteiger partial charge in [-0.15, -0.1) is 0 Å². The molecule has 1 atom stereocenters. The lowest BCUT2D eigenvalue weighted by molar-refractivity contribution is -0.385. The van der Waals surface area contributed by atoms with E-state index < -0.39 is 26.0 Å². The topological polar surface area (TPSA) is 115 Å². The van der Waals surface area contributed by atoms with Crippen LogP contribution in [-0.4, -0.2) is 24.4 Å². The van der Waals surface area contributed by atoms with Gasteiger partial charge in [0.1, 0.15) is 0 Å². The lowest BCUT2D eigenvalue weighted by Gasteiger charge is -2.25. The molecule has 1 unspecified atom stereocenters. The second-order valence-corrected chi connectivity index (χ2v) is 5.24. The van der Waals surface area contributed by atoms with E-state index in [1.807, 2.05) is 0 Å². The van der Waals surface area contributed by atoms with Gasteiger partial charge in [0.05, 0.1) is 9.82 Å². The van der Waals surface area contributed by atoms with Crippen molar-refractivity contribution < 1.29 is 23.2 Å². The summed E-state index contributed by atoms with van der Waals surface area (Å²) in [6.07, 6.45) is 0. The summed E-state index contributed by atoms with van der Waals surface area (Å²) in [6.45, 7) is 0. The standard InChI is InChI=1S/C8H5NO6S/c10-8(11)7-5-2-1-4(9(12)13)3-6(5)16(7,14)15/h1-3,7H,(H,10,11). The first kappa shape index (κ1) is 10.6. The Morgan fingerprint density at radius 3 is 2.56 bits per heavy atom. The van der Waals surface area contributed by atoms with Crippen LogP contribution in [0.2, 0.25) is 0 Å². The fourth-order valence-corrected chi connectivity index (χ4v) is 3.27. The normalized spacial score (nSPS) is 20.6. The molecular formula is C8H5NO6S. The first-order chi connectivity index (χ1) is 7.35. The molecule has 0 saturated carbocycles. The summed E-state index contributed by atoms with van der Waals surface area (Å²) in [4.78, 5) is 20.1. The van der Waals surface area contributed by atoms with Crippen molar-refractivity contribution >= 4 is 21.5 Å². The lowest BCUT2D eigenvalue weighted by Crippen LogP contribution is -2.32. The molecule has 2 rings (SSSR count). The van der Waals surface area contributed by atoms with Crippen molar-refractivity contribution in [3.05, 3.63) is 33.9 Å². The van der Waals surface area contributed by atoms with Crippen LogP contribution in [0.5, 0.6) is 0 Å². The maximum absolute atomic E-state index is 11.5. The Hall–Kier alpha value is -1.96. The molecular weight excluding hydrogens is 238 g/mol. The van der Waals surface area contributed by atoms with Crippen LogP contribution in [0.1, 0.15) is 10.8 Å². The summed E-state index contributed by atoms with van der Waals surface area (Å²) in [6, 6.07) is 3.13. The van der Waals surface area contributed by atoms with Crippen molar-refractivity contribution in [2.45, 2.75) is 10.1 Å². The number of benzene rings is 1. The van der Waals surface area contributed by atoms with Gasteiger partial charge in [-0.2, -0.15) is 0 Å². The van der Waals surface area contributed by atoms with Gasteiger partial charge in [0.25, 0.3) is 5.69 Å². The van der Waals surface area contributed by atoms with Crippen LogP contribution in [-0.2, 0) is 14.6 Å². The molecule has 0 bridgehead atoms. The summed E-state index contributed by atoms with van der Waals surface area (Å²) in [5.41, 5.74) is -0.274. The van der Waals surface area contributed by atoms with Crippen LogP contribution < -0.4 is 0 Å². The first-order valence-corrected chi connectivity index (χ1v) is 5.65. The summed E-state index contributed by atoms with van der Waals surface area (Å²) >= 11 is 0. The minimum atomic E-state index is -3.94. The molecule has 0 fully saturated rings. The molecule has 0 radical (unpaired) electrons. The Morgan fingerprint density at radius 1 is 1.44 bits per heavy atom. The van der Waals surface area contributed by atoms with E-state index in [1.54, 1.807) is 0 Å². The van der Waals surface area contributed by atoms with Crippen molar-refractivity contribution in [2.75, 3.05) is 0 Å². The predicted molar refractivity (Wildman–Crippen MR) is 50.7 cm³/mol. The number of hydrogen-bond acceptors (Lipinski definition) is 5. The molecule has 1 aromatic carbocycles. The number of nitro benzene ring substituents is 1. The molecule has 0 amide bonds. The average molecular weight is 243 g/mol. The third-order valence-corrected chi connectivity index (χ3v) is 4.37. The smallest absolute Gasteiger partial charge is 0.326 e. The van der Waals surface area contributed by atoms with Crippen LogP contribution in [0.15, 0.2) is 23.1 Å². The Morgan fingerprint density at radius 2 is 2.06 bits per heavy atom. The Balaban J connectivity index is 2.62. The van der Waals surface area contributed by atoms with Crippen molar-refractivity contribution in [1.82, 2.24) is 0 Å². The third-order valence-electron chi connectivity index (χ3n) is 2.33. The number of fused-ring (bicyclic) bond motifs is 1. The SMILES string of the molecule is O=C(O)C1c2ccc([N+](=O)[O-])cc2S1(=O)=O. The number of nitrogens with zero attached hydrogens (tertiary/aromatic N) is 1. The van der Waals surface area contributed by atoms with Gasteiger partial charge in [0.15, 0.2) is 15.1 Å². The maximum Gasteiger partial charge on any atom is 0.326 e. The van der Waals surface area contributed by atoms with E-state index >= 15 is 0 Å². The molecule has 0 aliphatic carbocycles. The number of sulfone groups is 1. The largest absolute Gasteiger partial charge is 0.480 e. The number of rotatable bonds is 2. The van der Waals surface area contributed by atoms with Gasteiger partial charge in [-0.3, -0.25) is 14.9 Å². The van der Waals surface area contributed by atoms with E-state index in [9.17, 15) is 23.3 Å². The van der Waals surface area contributed by atoms with Crippen molar-refractivity contribution in [2.24, 2.45) is 0 Å². The van der Waals surface area contributed by atoms with Gasteiger partial charge >= 0.3 is 5.97 Å². The second-order valence-electron chi connectivity index (χ2n) is 3.24. The summed E-state index contributed by atoms with van der Waals surface area (Å²) in [5, 5.41) is 17.5. The van der Waals surface area contributed by atoms with E-state index in [-0.39, 0.29) is 16.1 Å². The zero-order chi connectivity index (χ0) is 12.1. The molecule has 0 spiro atoms. The monoisotopic (exact) mass is 243 g/mol. The van der Waals surface area contributed by atoms with E-state index in [2.05, 4.69) is 0 Å². The van der Waals surface area contributed by atoms with E-state index in [4.69, 9.17) is 5.11 Å². The number of carboxylic acid groups (broad SMARTS) is 1. The molecule has 84 valence electrons. The molecule has 7 nitrogen and oxygen atoms in total. The number of hydrogen-bond donors (Lipinski definition) is 1. The zero-order valence-electron chi connectivity index (χ0n) is 7.65. The second kappa shape index (κ2) is 3.01. The number of nitro groups is 1. The zero-order valence-corrected chi connectivity index (χ0v) is 8.47. The number of non-ortho nitro benzene ring substituents is 1. The number of carbonyl (C=O) groups is 1. The molecule has 1 aliphatic heterocycles. The first-order valence-electron chi connectivity index (χ1n) is 4.11. The van der Waals surface area contributed by atoms with Crippen LogP contribution >= 0.6 is 0 Å². The van der Waals surface area contributed by atoms with Crippen LogP contribution in [0, 0.1) is 10.1 Å².